The highest BCUT2D eigenvalue weighted by molar-refractivity contribution is 7.80. The summed E-state index contributed by atoms with van der Waals surface area (Å²) in [4.78, 5) is 0. The Hall–Kier alpha value is -2.47. The minimum atomic E-state index is -0.264. The number of thiocarbonyl (C=S) groups is 1. The van der Waals surface area contributed by atoms with E-state index in [0.717, 1.165) is 29.2 Å². The van der Waals surface area contributed by atoms with Gasteiger partial charge in [-0.05, 0) is 44.3 Å². The van der Waals surface area contributed by atoms with E-state index in [9.17, 15) is 0 Å². The Kier molecular flexibility index (Phi) is 5.23. The molecule has 0 spiro atoms. The van der Waals surface area contributed by atoms with Crippen molar-refractivity contribution in [3.05, 3.63) is 48.0 Å². The van der Waals surface area contributed by atoms with E-state index in [0.29, 0.717) is 10.9 Å². The van der Waals surface area contributed by atoms with Crippen LogP contribution in [0, 0.1) is 0 Å². The molecule has 0 saturated carbocycles. The quantitative estimate of drug-likeness (QED) is 0.781. The van der Waals surface area contributed by atoms with Crippen molar-refractivity contribution < 1.29 is 14.2 Å². The second kappa shape index (κ2) is 7.41. The van der Waals surface area contributed by atoms with Gasteiger partial charge in [-0.1, -0.05) is 18.2 Å². The van der Waals surface area contributed by atoms with Gasteiger partial charge in [-0.25, -0.2) is 0 Å². The Bertz CT molecular complexity index is 807. The number of fused-ring (bicyclic) bond motifs is 1. The number of hydrogen-bond acceptors (Lipinski definition) is 4. The van der Waals surface area contributed by atoms with Crippen LogP contribution in [0.5, 0.6) is 17.2 Å². The lowest BCUT2D eigenvalue weighted by Gasteiger charge is -2.38. The summed E-state index contributed by atoms with van der Waals surface area (Å²) in [6.07, 6.45) is 0.811. The molecule has 0 aromatic heterocycles. The molecule has 2 aromatic carbocycles. The monoisotopic (exact) mass is 372 g/mol. The first kappa shape index (κ1) is 18.3. The standard InChI is InChI=1S/C20H24N2O3S/c1-20(2)12-16(14-7-5-6-8-17(14)25-20)22-19(26)21-15-10-9-13(23-3)11-18(15)24-4/h5-11,16H,12H2,1-4H3,(H2,21,22,26). The van der Waals surface area contributed by atoms with Gasteiger partial charge >= 0.3 is 0 Å². The molecule has 0 saturated heterocycles. The summed E-state index contributed by atoms with van der Waals surface area (Å²) in [6, 6.07) is 13.7. The van der Waals surface area contributed by atoms with Gasteiger partial charge in [-0.15, -0.1) is 0 Å². The molecule has 0 amide bonds. The molecule has 0 fully saturated rings. The number of anilines is 1. The van der Waals surface area contributed by atoms with Crippen molar-refractivity contribution in [3.8, 4) is 17.2 Å². The number of para-hydroxylation sites is 1. The number of methoxy groups -OCH3 is 2. The van der Waals surface area contributed by atoms with Gasteiger partial charge in [0.2, 0.25) is 0 Å². The molecule has 5 nitrogen and oxygen atoms in total. The maximum Gasteiger partial charge on any atom is 0.171 e. The average molecular weight is 372 g/mol. The molecule has 2 aromatic rings. The third-order valence-corrected chi connectivity index (χ3v) is 4.56. The van der Waals surface area contributed by atoms with E-state index in [1.807, 2.05) is 36.4 Å². The average Bonchev–Trinajstić information content (AvgIpc) is 2.61. The van der Waals surface area contributed by atoms with Crippen molar-refractivity contribution in [1.82, 2.24) is 5.32 Å². The van der Waals surface area contributed by atoms with Crippen LogP contribution in [0.4, 0.5) is 5.69 Å². The Morgan fingerprint density at radius 2 is 1.92 bits per heavy atom. The van der Waals surface area contributed by atoms with Gasteiger partial charge in [-0.2, -0.15) is 0 Å². The lowest BCUT2D eigenvalue weighted by Crippen LogP contribution is -2.42. The molecule has 0 radical (unpaired) electrons. The Morgan fingerprint density at radius 3 is 2.65 bits per heavy atom. The van der Waals surface area contributed by atoms with Crippen molar-refractivity contribution in [3.63, 3.8) is 0 Å². The number of hydrogen-bond donors (Lipinski definition) is 2. The Balaban J connectivity index is 1.76. The summed E-state index contributed by atoms with van der Waals surface area (Å²) in [6.45, 7) is 4.17. The fraction of sp³-hybridized carbons (Fsp3) is 0.350. The van der Waals surface area contributed by atoms with Crippen molar-refractivity contribution in [1.29, 1.82) is 0 Å². The smallest absolute Gasteiger partial charge is 0.171 e. The molecule has 2 N–H and O–H groups in total. The molecule has 6 heteroatoms. The van der Waals surface area contributed by atoms with Gasteiger partial charge in [0, 0.05) is 18.1 Å². The van der Waals surface area contributed by atoms with Crippen LogP contribution in [0.1, 0.15) is 31.9 Å². The Morgan fingerprint density at radius 1 is 1.15 bits per heavy atom. The van der Waals surface area contributed by atoms with Crippen LogP contribution in [-0.4, -0.2) is 24.9 Å². The fourth-order valence-electron chi connectivity index (χ4n) is 3.15. The van der Waals surface area contributed by atoms with Gasteiger partial charge in [-0.3, -0.25) is 0 Å². The van der Waals surface area contributed by atoms with E-state index in [2.05, 4.69) is 30.5 Å². The molecule has 1 atom stereocenters. The molecular weight excluding hydrogens is 348 g/mol. The molecule has 1 aliphatic heterocycles. The second-order valence-corrected chi connectivity index (χ2v) is 7.23. The zero-order valence-corrected chi connectivity index (χ0v) is 16.3. The van der Waals surface area contributed by atoms with E-state index >= 15 is 0 Å². The number of ether oxygens (including phenoxy) is 3. The van der Waals surface area contributed by atoms with E-state index in [1.54, 1.807) is 14.2 Å². The predicted octanol–water partition coefficient (Wildman–Crippen LogP) is 4.29. The summed E-state index contributed by atoms with van der Waals surface area (Å²) >= 11 is 5.54. The molecule has 138 valence electrons. The minimum Gasteiger partial charge on any atom is -0.497 e. The number of rotatable bonds is 4. The minimum absolute atomic E-state index is 0.0687. The van der Waals surface area contributed by atoms with Crippen molar-refractivity contribution in [2.75, 3.05) is 19.5 Å². The van der Waals surface area contributed by atoms with Crippen molar-refractivity contribution in [2.45, 2.75) is 31.9 Å². The van der Waals surface area contributed by atoms with E-state index < -0.39 is 0 Å². The van der Waals surface area contributed by atoms with Gasteiger partial charge in [0.1, 0.15) is 22.8 Å². The summed E-state index contributed by atoms with van der Waals surface area (Å²) in [5, 5.41) is 7.16. The summed E-state index contributed by atoms with van der Waals surface area (Å²) in [5.74, 6) is 2.29. The third kappa shape index (κ3) is 4.02. The van der Waals surface area contributed by atoms with Crippen molar-refractivity contribution in [2.24, 2.45) is 0 Å². The molecule has 0 bridgehead atoms. The highest BCUT2D eigenvalue weighted by atomic mass is 32.1. The normalized spacial score (nSPS) is 17.5. The summed E-state index contributed by atoms with van der Waals surface area (Å²) in [5.41, 5.74) is 1.63. The number of nitrogens with one attached hydrogen (secondary N) is 2. The SMILES string of the molecule is COc1ccc(NC(=S)NC2CC(C)(C)Oc3ccccc32)c(OC)c1. The molecule has 26 heavy (non-hydrogen) atoms. The summed E-state index contributed by atoms with van der Waals surface area (Å²) < 4.78 is 16.7. The largest absolute Gasteiger partial charge is 0.497 e. The molecule has 1 unspecified atom stereocenters. The van der Waals surface area contributed by atoms with E-state index in [-0.39, 0.29) is 11.6 Å². The predicted molar refractivity (Wildman–Crippen MR) is 107 cm³/mol. The lowest BCUT2D eigenvalue weighted by molar-refractivity contribution is 0.0697. The Labute approximate surface area is 159 Å². The highest BCUT2D eigenvalue weighted by Gasteiger charge is 2.33. The highest BCUT2D eigenvalue weighted by Crippen LogP contribution is 2.39. The van der Waals surface area contributed by atoms with Crippen LogP contribution in [0.3, 0.4) is 0 Å². The zero-order chi connectivity index (χ0) is 18.7. The first-order chi connectivity index (χ1) is 12.4. The van der Waals surface area contributed by atoms with Gasteiger partial charge in [0.25, 0.3) is 0 Å². The van der Waals surface area contributed by atoms with Crippen LogP contribution < -0.4 is 24.8 Å². The fourth-order valence-corrected chi connectivity index (χ4v) is 3.40. The van der Waals surface area contributed by atoms with Crippen LogP contribution in [0.25, 0.3) is 0 Å². The summed E-state index contributed by atoms with van der Waals surface area (Å²) in [7, 11) is 3.24. The molecule has 3 rings (SSSR count). The maximum absolute atomic E-state index is 6.07. The molecular formula is C20H24N2O3S. The van der Waals surface area contributed by atoms with E-state index in [1.165, 1.54) is 0 Å². The molecule has 1 heterocycles. The van der Waals surface area contributed by atoms with Gasteiger partial charge < -0.3 is 24.8 Å². The first-order valence-corrected chi connectivity index (χ1v) is 8.90. The first-order valence-electron chi connectivity index (χ1n) is 8.49. The van der Waals surface area contributed by atoms with Crippen LogP contribution in [-0.2, 0) is 0 Å². The van der Waals surface area contributed by atoms with Gasteiger partial charge in [0.15, 0.2) is 5.11 Å². The van der Waals surface area contributed by atoms with E-state index in [4.69, 9.17) is 26.4 Å². The van der Waals surface area contributed by atoms with Crippen LogP contribution in [0.15, 0.2) is 42.5 Å². The number of benzene rings is 2. The van der Waals surface area contributed by atoms with Crippen LogP contribution in [0.2, 0.25) is 0 Å². The lowest BCUT2D eigenvalue weighted by atomic mass is 9.90. The maximum atomic E-state index is 6.07. The third-order valence-electron chi connectivity index (χ3n) is 4.34. The van der Waals surface area contributed by atoms with Gasteiger partial charge in [0.05, 0.1) is 25.9 Å². The second-order valence-electron chi connectivity index (χ2n) is 6.82. The van der Waals surface area contributed by atoms with Crippen LogP contribution >= 0.6 is 12.2 Å². The van der Waals surface area contributed by atoms with Crippen molar-refractivity contribution >= 4 is 23.0 Å². The molecule has 0 aliphatic carbocycles. The topological polar surface area (TPSA) is 51.8 Å². The molecule has 1 aliphatic rings. The zero-order valence-electron chi connectivity index (χ0n) is 15.5.